The van der Waals surface area contributed by atoms with Gasteiger partial charge in [0.15, 0.2) is 0 Å². The van der Waals surface area contributed by atoms with Crippen molar-refractivity contribution < 1.29 is 0 Å². The molecule has 0 atom stereocenters. The molecule has 2 nitrogen and oxygen atoms in total. The molecule has 0 aliphatic heterocycles. The second-order valence-corrected chi connectivity index (χ2v) is 11.0. The van der Waals surface area contributed by atoms with Gasteiger partial charge in [-0.1, -0.05) is 140 Å². The van der Waals surface area contributed by atoms with Crippen LogP contribution in [0.25, 0.3) is 77.7 Å². The molecule has 8 aromatic rings. The van der Waals surface area contributed by atoms with E-state index in [4.69, 9.17) is 9.97 Å². The van der Waals surface area contributed by atoms with Gasteiger partial charge in [0, 0.05) is 22.1 Å². The highest BCUT2D eigenvalue weighted by molar-refractivity contribution is 6.14. The van der Waals surface area contributed by atoms with E-state index in [-0.39, 0.29) is 0 Å². The summed E-state index contributed by atoms with van der Waals surface area (Å²) in [6, 6.07) is 59.7. The highest BCUT2D eigenvalue weighted by Crippen LogP contribution is 2.38. The summed E-state index contributed by atoms with van der Waals surface area (Å²) in [4.78, 5) is 10.2. The molecule has 0 bridgehead atoms. The first-order chi connectivity index (χ1) is 21.8. The van der Waals surface area contributed by atoms with Gasteiger partial charge in [0.25, 0.3) is 0 Å². The topological polar surface area (TPSA) is 25.8 Å². The lowest BCUT2D eigenvalue weighted by Gasteiger charge is -2.14. The van der Waals surface area contributed by atoms with Gasteiger partial charge in [-0.2, -0.15) is 0 Å². The van der Waals surface area contributed by atoms with Gasteiger partial charge in [0.05, 0.1) is 22.6 Å². The molecular weight excluding hydrogens is 532 g/mol. The average molecular weight is 561 g/mol. The van der Waals surface area contributed by atoms with Crippen LogP contribution >= 0.6 is 0 Å². The third-order valence-electron chi connectivity index (χ3n) is 8.24. The molecule has 0 saturated heterocycles. The zero-order valence-corrected chi connectivity index (χ0v) is 24.1. The van der Waals surface area contributed by atoms with Crippen molar-refractivity contribution in [2.75, 3.05) is 0 Å². The molecule has 0 unspecified atom stereocenters. The Labute approximate surface area is 257 Å². The van der Waals surface area contributed by atoms with Crippen LogP contribution in [0.15, 0.2) is 170 Å². The molecule has 0 amide bonds. The Morgan fingerprint density at radius 1 is 0.318 bits per heavy atom. The summed E-state index contributed by atoms with van der Waals surface area (Å²) in [6.07, 6.45) is 0. The summed E-state index contributed by atoms with van der Waals surface area (Å²) in [5, 5.41) is 3.54. The first kappa shape index (κ1) is 25.8. The fourth-order valence-corrected chi connectivity index (χ4v) is 6.06. The number of hydrogen-bond donors (Lipinski definition) is 0. The fraction of sp³-hybridized carbons (Fsp3) is 0. The van der Waals surface area contributed by atoms with E-state index >= 15 is 0 Å². The molecule has 6 aromatic carbocycles. The van der Waals surface area contributed by atoms with Crippen LogP contribution in [0.2, 0.25) is 0 Å². The normalized spacial score (nSPS) is 11.2. The standard InChI is InChI=1S/C42H28N2/c1-5-13-29(14-6-1)37-28-41(32-19-11-4-12-20-32)43-38-24-22-34-25-33(21-23-36(34)42(37)38)35-26-39(30-15-7-2-8-16-30)44-40(27-35)31-17-9-3-10-18-31/h1-28H. The van der Waals surface area contributed by atoms with Gasteiger partial charge in [-0.3, -0.25) is 0 Å². The van der Waals surface area contributed by atoms with E-state index in [9.17, 15) is 0 Å². The third-order valence-corrected chi connectivity index (χ3v) is 8.24. The minimum atomic E-state index is 0.963. The molecule has 44 heavy (non-hydrogen) atoms. The van der Waals surface area contributed by atoms with E-state index in [2.05, 4.69) is 152 Å². The van der Waals surface area contributed by atoms with Crippen LogP contribution in [0.4, 0.5) is 0 Å². The zero-order chi connectivity index (χ0) is 29.3. The second-order valence-electron chi connectivity index (χ2n) is 11.0. The van der Waals surface area contributed by atoms with Crippen LogP contribution in [0, 0.1) is 0 Å². The number of benzene rings is 6. The number of aromatic nitrogens is 2. The second kappa shape index (κ2) is 11.1. The molecule has 0 N–H and O–H groups in total. The molecule has 0 spiro atoms. The summed E-state index contributed by atoms with van der Waals surface area (Å²) in [5.74, 6) is 0. The predicted molar refractivity (Wildman–Crippen MR) is 184 cm³/mol. The van der Waals surface area contributed by atoms with Crippen LogP contribution in [-0.2, 0) is 0 Å². The van der Waals surface area contributed by atoms with Crippen LogP contribution in [0.5, 0.6) is 0 Å². The van der Waals surface area contributed by atoms with Gasteiger partial charge >= 0.3 is 0 Å². The molecule has 206 valence electrons. The highest BCUT2D eigenvalue weighted by Gasteiger charge is 2.14. The minimum Gasteiger partial charge on any atom is -0.248 e. The van der Waals surface area contributed by atoms with E-state index in [1.165, 1.54) is 27.3 Å². The van der Waals surface area contributed by atoms with Gasteiger partial charge in [0.2, 0.25) is 0 Å². The smallest absolute Gasteiger partial charge is 0.0722 e. The zero-order valence-electron chi connectivity index (χ0n) is 24.1. The molecule has 0 aliphatic carbocycles. The van der Waals surface area contributed by atoms with Gasteiger partial charge in [-0.05, 0) is 63.4 Å². The average Bonchev–Trinajstić information content (AvgIpc) is 3.12. The van der Waals surface area contributed by atoms with Crippen LogP contribution in [0.1, 0.15) is 0 Å². The molecule has 0 fully saturated rings. The maximum atomic E-state index is 5.14. The maximum absolute atomic E-state index is 5.14. The molecule has 8 rings (SSSR count). The first-order valence-corrected chi connectivity index (χ1v) is 14.9. The van der Waals surface area contributed by atoms with Crippen LogP contribution in [-0.4, -0.2) is 9.97 Å². The van der Waals surface area contributed by atoms with Crippen molar-refractivity contribution in [3.8, 4) is 56.0 Å². The minimum absolute atomic E-state index is 0.963. The lowest BCUT2D eigenvalue weighted by Crippen LogP contribution is -1.92. The fourth-order valence-electron chi connectivity index (χ4n) is 6.06. The van der Waals surface area contributed by atoms with Gasteiger partial charge in [-0.15, -0.1) is 0 Å². The molecule has 2 aromatic heterocycles. The van der Waals surface area contributed by atoms with Gasteiger partial charge < -0.3 is 0 Å². The molecule has 0 saturated carbocycles. The Morgan fingerprint density at radius 3 is 1.36 bits per heavy atom. The van der Waals surface area contributed by atoms with E-state index in [1.54, 1.807) is 0 Å². The van der Waals surface area contributed by atoms with Gasteiger partial charge in [0.1, 0.15) is 0 Å². The number of fused-ring (bicyclic) bond motifs is 3. The Hall–Kier alpha value is -5.86. The predicted octanol–water partition coefficient (Wildman–Crippen LogP) is 11.1. The maximum Gasteiger partial charge on any atom is 0.0722 e. The van der Waals surface area contributed by atoms with E-state index in [0.29, 0.717) is 0 Å². The van der Waals surface area contributed by atoms with Gasteiger partial charge in [-0.25, -0.2) is 9.97 Å². The molecular formula is C42H28N2. The summed E-state index contributed by atoms with van der Waals surface area (Å²) in [6.45, 7) is 0. The lowest BCUT2D eigenvalue weighted by molar-refractivity contribution is 1.32. The third kappa shape index (κ3) is 4.83. The largest absolute Gasteiger partial charge is 0.248 e. The Kier molecular flexibility index (Phi) is 6.51. The first-order valence-electron chi connectivity index (χ1n) is 14.9. The molecule has 0 aliphatic rings. The molecule has 2 heterocycles. The van der Waals surface area contributed by atoms with Crippen molar-refractivity contribution in [2.24, 2.45) is 0 Å². The summed E-state index contributed by atoms with van der Waals surface area (Å²) in [5.41, 5.74) is 11.9. The quantitative estimate of drug-likeness (QED) is 0.196. The van der Waals surface area contributed by atoms with Crippen molar-refractivity contribution in [3.63, 3.8) is 0 Å². The summed E-state index contributed by atoms with van der Waals surface area (Å²) >= 11 is 0. The highest BCUT2D eigenvalue weighted by atomic mass is 14.7. The number of rotatable bonds is 5. The Bertz CT molecular complexity index is 2180. The van der Waals surface area contributed by atoms with Crippen molar-refractivity contribution in [2.45, 2.75) is 0 Å². The number of hydrogen-bond acceptors (Lipinski definition) is 2. The van der Waals surface area contributed by atoms with Crippen molar-refractivity contribution in [1.29, 1.82) is 0 Å². The monoisotopic (exact) mass is 560 g/mol. The van der Waals surface area contributed by atoms with Crippen LogP contribution in [0.3, 0.4) is 0 Å². The molecule has 2 heteroatoms. The molecule has 0 radical (unpaired) electrons. The van der Waals surface area contributed by atoms with Crippen molar-refractivity contribution in [3.05, 3.63) is 170 Å². The summed E-state index contributed by atoms with van der Waals surface area (Å²) in [7, 11) is 0. The number of pyridine rings is 2. The van der Waals surface area contributed by atoms with Crippen molar-refractivity contribution >= 4 is 21.7 Å². The van der Waals surface area contributed by atoms with Crippen LogP contribution < -0.4 is 0 Å². The Balaban J connectivity index is 1.33. The number of nitrogens with zero attached hydrogens (tertiary/aromatic N) is 2. The Morgan fingerprint density at radius 2 is 0.818 bits per heavy atom. The van der Waals surface area contributed by atoms with E-state index in [0.717, 1.165) is 50.4 Å². The van der Waals surface area contributed by atoms with E-state index in [1.807, 2.05) is 18.2 Å². The SMILES string of the molecule is c1ccc(-c2cc(-c3ccc4c(ccc5nc(-c6ccccc6)cc(-c6ccccc6)c54)c3)cc(-c3ccccc3)n2)cc1. The van der Waals surface area contributed by atoms with Crippen molar-refractivity contribution in [1.82, 2.24) is 9.97 Å². The lowest BCUT2D eigenvalue weighted by atomic mass is 9.92. The van der Waals surface area contributed by atoms with E-state index < -0.39 is 0 Å². The summed E-state index contributed by atoms with van der Waals surface area (Å²) < 4.78 is 0.